The van der Waals surface area contributed by atoms with Crippen LogP contribution in [0.5, 0.6) is 11.5 Å². The molecule has 0 unspecified atom stereocenters. The van der Waals surface area contributed by atoms with Gasteiger partial charge in [-0.2, -0.15) is 0 Å². The molecule has 0 aliphatic carbocycles. The van der Waals surface area contributed by atoms with E-state index in [0.29, 0.717) is 103 Å². The first-order valence-electron chi connectivity index (χ1n) is 18.0. The van der Waals surface area contributed by atoms with E-state index in [2.05, 4.69) is 4.72 Å². The van der Waals surface area contributed by atoms with Crippen molar-refractivity contribution in [1.29, 1.82) is 0 Å². The predicted molar refractivity (Wildman–Crippen MR) is 204 cm³/mol. The van der Waals surface area contributed by atoms with Gasteiger partial charge in [-0.25, -0.2) is 8.42 Å². The fourth-order valence-electron chi connectivity index (χ4n) is 7.60. The normalized spacial score (nSPS) is 18.3. The Kier molecular flexibility index (Phi) is 9.92. The average Bonchev–Trinajstić information content (AvgIpc) is 3.16. The van der Waals surface area contributed by atoms with Gasteiger partial charge in [-0.3, -0.25) is 23.9 Å². The maximum absolute atomic E-state index is 12.8. The Morgan fingerprint density at radius 3 is 1.52 bits per heavy atom. The number of nitrogens with one attached hydrogen (secondary N) is 1. The number of sulfonamides is 1. The van der Waals surface area contributed by atoms with Crippen LogP contribution >= 0.6 is 0 Å². The minimum absolute atomic E-state index is 0.0144. The number of hydrogen-bond acceptors (Lipinski definition) is 9. The highest BCUT2D eigenvalue weighted by atomic mass is 32.2. The van der Waals surface area contributed by atoms with Crippen LogP contribution in [0.25, 0.3) is 0 Å². The molecule has 12 nitrogen and oxygen atoms in total. The summed E-state index contributed by atoms with van der Waals surface area (Å²) in [6.07, 6.45) is 4.07. The van der Waals surface area contributed by atoms with E-state index in [0.717, 1.165) is 6.26 Å². The van der Waals surface area contributed by atoms with Crippen molar-refractivity contribution in [2.24, 2.45) is 0 Å². The van der Waals surface area contributed by atoms with Crippen molar-refractivity contribution in [1.82, 2.24) is 9.80 Å². The molecular weight excluding hydrogens is 709 g/mol. The fraction of sp³-hybridized carbons (Fsp3) is 0.317. The van der Waals surface area contributed by atoms with E-state index in [-0.39, 0.29) is 29.8 Å². The molecule has 0 saturated carbocycles. The molecule has 0 aromatic heterocycles. The van der Waals surface area contributed by atoms with Gasteiger partial charge in [0.1, 0.15) is 22.7 Å². The number of fused-ring (bicyclic) bond motifs is 2. The molecule has 4 aliphatic rings. The van der Waals surface area contributed by atoms with Gasteiger partial charge in [-0.1, -0.05) is 36.4 Å². The molecule has 0 bridgehead atoms. The summed E-state index contributed by atoms with van der Waals surface area (Å²) in [5, 5.41) is 0. The molecule has 13 heteroatoms. The zero-order chi connectivity index (χ0) is 38.1. The smallest absolute Gasteiger partial charge is 0.253 e. The number of nitrogens with zero attached hydrogens (tertiary/aromatic N) is 2. The number of nitrogens with two attached hydrogens (primary N) is 1. The van der Waals surface area contributed by atoms with E-state index in [1.54, 1.807) is 47.4 Å². The van der Waals surface area contributed by atoms with E-state index in [1.165, 1.54) is 6.07 Å². The van der Waals surface area contributed by atoms with Crippen molar-refractivity contribution < 1.29 is 37.1 Å². The molecule has 2 spiro atoms. The third-order valence-electron chi connectivity index (χ3n) is 10.5. The quantitative estimate of drug-likeness (QED) is 0.252. The number of rotatable bonds is 4. The lowest BCUT2D eigenvalue weighted by atomic mass is 9.82. The van der Waals surface area contributed by atoms with Crippen LogP contribution in [-0.4, -0.2) is 85.2 Å². The Balaban J connectivity index is 0.000000168. The number of anilines is 2. The summed E-state index contributed by atoms with van der Waals surface area (Å²) < 4.78 is 37.6. The maximum atomic E-state index is 12.8. The monoisotopic (exact) mass is 750 g/mol. The summed E-state index contributed by atoms with van der Waals surface area (Å²) in [6.45, 7) is 2.21. The second-order valence-corrected chi connectivity index (χ2v) is 16.2. The Hall–Kier alpha value is -5.69. The van der Waals surface area contributed by atoms with Gasteiger partial charge in [-0.15, -0.1) is 0 Å². The minimum atomic E-state index is -3.42. The number of hydrogen-bond donors (Lipinski definition) is 2. The number of carbonyl (C=O) groups is 4. The molecule has 4 aliphatic heterocycles. The van der Waals surface area contributed by atoms with Crippen LogP contribution in [0, 0.1) is 0 Å². The van der Waals surface area contributed by atoms with E-state index in [4.69, 9.17) is 15.2 Å². The van der Waals surface area contributed by atoms with Gasteiger partial charge in [0, 0.05) is 74.4 Å². The molecule has 2 amide bonds. The largest absolute Gasteiger partial charge is 0.486 e. The summed E-state index contributed by atoms with van der Waals surface area (Å²) in [6, 6.07) is 28.3. The molecule has 280 valence electrons. The third-order valence-corrected chi connectivity index (χ3v) is 11.1. The minimum Gasteiger partial charge on any atom is -0.486 e. The summed E-state index contributed by atoms with van der Waals surface area (Å²) in [4.78, 5) is 54.2. The number of Topliss-reactive ketones (excluding diaryl/α,β-unsaturated/α-hetero) is 2. The second kappa shape index (κ2) is 14.6. The molecule has 3 N–H and O–H groups in total. The van der Waals surface area contributed by atoms with Gasteiger partial charge < -0.3 is 25.0 Å². The number of likely N-dealkylation sites (tertiary alicyclic amines) is 2. The van der Waals surface area contributed by atoms with Gasteiger partial charge in [0.2, 0.25) is 10.0 Å². The number of benzene rings is 4. The van der Waals surface area contributed by atoms with Gasteiger partial charge in [0.25, 0.3) is 11.8 Å². The van der Waals surface area contributed by atoms with Gasteiger partial charge in [-0.05, 0) is 60.7 Å². The van der Waals surface area contributed by atoms with Crippen LogP contribution in [-0.2, 0) is 10.0 Å². The lowest BCUT2D eigenvalue weighted by Gasteiger charge is -2.44. The summed E-state index contributed by atoms with van der Waals surface area (Å²) in [5.41, 5.74) is 7.83. The van der Waals surface area contributed by atoms with Crippen LogP contribution < -0.4 is 19.9 Å². The van der Waals surface area contributed by atoms with Crippen molar-refractivity contribution in [3.05, 3.63) is 119 Å². The Bertz CT molecular complexity index is 2190. The highest BCUT2D eigenvalue weighted by molar-refractivity contribution is 7.92. The number of amides is 2. The lowest BCUT2D eigenvalue weighted by molar-refractivity contribution is -0.00675. The molecule has 8 rings (SSSR count). The Labute approximate surface area is 314 Å². The van der Waals surface area contributed by atoms with Crippen molar-refractivity contribution >= 4 is 44.8 Å². The molecule has 4 aromatic rings. The number of ether oxygens (including phenoxy) is 2. The van der Waals surface area contributed by atoms with Crippen LogP contribution in [0.2, 0.25) is 0 Å². The molecule has 2 saturated heterocycles. The van der Waals surface area contributed by atoms with E-state index in [1.807, 2.05) is 53.4 Å². The highest BCUT2D eigenvalue weighted by Crippen LogP contribution is 2.42. The van der Waals surface area contributed by atoms with Gasteiger partial charge >= 0.3 is 0 Å². The summed E-state index contributed by atoms with van der Waals surface area (Å²) in [7, 11) is -3.42. The maximum Gasteiger partial charge on any atom is 0.253 e. The molecule has 0 radical (unpaired) electrons. The van der Waals surface area contributed by atoms with Crippen molar-refractivity contribution in [3.63, 3.8) is 0 Å². The number of piperidine rings is 2. The first-order valence-corrected chi connectivity index (χ1v) is 19.8. The van der Waals surface area contributed by atoms with Gasteiger partial charge in [0.05, 0.1) is 30.2 Å². The van der Waals surface area contributed by atoms with E-state index < -0.39 is 21.2 Å². The third kappa shape index (κ3) is 7.96. The number of carbonyl (C=O) groups excluding carboxylic acids is 4. The first kappa shape index (κ1) is 36.7. The topological polar surface area (TPSA) is 165 Å². The molecule has 0 atom stereocenters. The molecule has 2 fully saturated rings. The SMILES string of the molecule is CS(=O)(=O)Nc1ccc2c(c1)C(=O)CC1(CCN(C(=O)c3ccccc3)CC1)O2.Nc1ccc2c(c1)C(=O)CC1(CCN(C(=O)c3ccccc3)CC1)O2. The zero-order valence-electron chi connectivity index (χ0n) is 30.0. The second-order valence-electron chi connectivity index (χ2n) is 14.4. The van der Waals surface area contributed by atoms with E-state index >= 15 is 0 Å². The Morgan fingerprint density at radius 2 is 1.07 bits per heavy atom. The fourth-order valence-corrected chi connectivity index (χ4v) is 8.16. The van der Waals surface area contributed by atoms with Crippen LogP contribution in [0.1, 0.15) is 80.0 Å². The zero-order valence-corrected chi connectivity index (χ0v) is 30.8. The van der Waals surface area contributed by atoms with Gasteiger partial charge in [0.15, 0.2) is 11.6 Å². The van der Waals surface area contributed by atoms with E-state index in [9.17, 15) is 27.6 Å². The molecular formula is C41H42N4O8S. The molecule has 54 heavy (non-hydrogen) atoms. The lowest BCUT2D eigenvalue weighted by Crippen LogP contribution is -2.52. The van der Waals surface area contributed by atoms with Crippen LogP contribution in [0.4, 0.5) is 11.4 Å². The highest BCUT2D eigenvalue weighted by Gasteiger charge is 2.45. The van der Waals surface area contributed by atoms with Crippen molar-refractivity contribution in [2.75, 3.05) is 42.9 Å². The average molecular weight is 751 g/mol. The van der Waals surface area contributed by atoms with Crippen molar-refractivity contribution in [3.8, 4) is 11.5 Å². The molecule has 4 aromatic carbocycles. The first-order chi connectivity index (χ1) is 25.8. The van der Waals surface area contributed by atoms with Crippen LogP contribution in [0.15, 0.2) is 97.1 Å². The number of ketones is 2. The summed E-state index contributed by atoms with van der Waals surface area (Å²) >= 11 is 0. The summed E-state index contributed by atoms with van der Waals surface area (Å²) in [5.74, 6) is 1.07. The van der Waals surface area contributed by atoms with Crippen molar-refractivity contribution in [2.45, 2.75) is 49.7 Å². The molecule has 4 heterocycles. The number of nitrogen functional groups attached to an aromatic ring is 1. The Morgan fingerprint density at radius 1 is 0.648 bits per heavy atom. The standard InChI is InChI=1S/C21H22N2O5S.C20H20N2O3/c1-29(26,27)22-16-7-8-19-17(13-16)18(24)14-21(28-19)9-11-23(12-10-21)20(25)15-5-3-2-4-6-15;21-15-6-7-18-16(12-15)17(23)13-20(25-18)8-10-22(11-9-20)19(24)14-4-2-1-3-5-14/h2-8,13,22H,9-12,14H2,1H3;1-7,12H,8-11,13,21H2. The van der Waals surface area contributed by atoms with Crippen LogP contribution in [0.3, 0.4) is 0 Å². The predicted octanol–water partition coefficient (Wildman–Crippen LogP) is 5.61.